The van der Waals surface area contributed by atoms with E-state index in [2.05, 4.69) is 4.98 Å². The number of aryl methyl sites for hydroxylation is 1. The molecule has 0 saturated heterocycles. The Labute approximate surface area is 82.0 Å². The van der Waals surface area contributed by atoms with Crippen molar-refractivity contribution >= 4 is 0 Å². The van der Waals surface area contributed by atoms with E-state index < -0.39 is 6.10 Å². The quantitative estimate of drug-likeness (QED) is 0.786. The average Bonchev–Trinajstić information content (AvgIpc) is 2.69. The van der Waals surface area contributed by atoms with E-state index in [1.54, 1.807) is 30.9 Å². The molecule has 0 fully saturated rings. The minimum absolute atomic E-state index is 0.629. The molecule has 72 valence electrons. The van der Waals surface area contributed by atoms with Gasteiger partial charge in [0, 0.05) is 17.5 Å². The molecule has 0 aliphatic rings. The van der Waals surface area contributed by atoms with Crippen molar-refractivity contribution in [3.8, 4) is 0 Å². The summed E-state index contributed by atoms with van der Waals surface area (Å²) in [5, 5.41) is 9.92. The molecule has 0 radical (unpaired) electrons. The van der Waals surface area contributed by atoms with Gasteiger partial charge < -0.3 is 9.52 Å². The van der Waals surface area contributed by atoms with Crippen molar-refractivity contribution in [3.05, 3.63) is 53.7 Å². The van der Waals surface area contributed by atoms with Crippen LogP contribution in [0.2, 0.25) is 0 Å². The molecule has 0 aliphatic heterocycles. The Kier molecular flexibility index (Phi) is 2.33. The largest absolute Gasteiger partial charge is 0.472 e. The van der Waals surface area contributed by atoms with Crippen LogP contribution < -0.4 is 0 Å². The van der Waals surface area contributed by atoms with Gasteiger partial charge in [0.1, 0.15) is 6.10 Å². The molecule has 2 aromatic rings. The first-order chi connectivity index (χ1) is 6.77. The van der Waals surface area contributed by atoms with E-state index in [1.165, 1.54) is 0 Å². The van der Waals surface area contributed by atoms with Crippen LogP contribution in [0.15, 0.2) is 41.3 Å². The third-order valence-electron chi connectivity index (χ3n) is 2.10. The Morgan fingerprint density at radius 1 is 1.36 bits per heavy atom. The van der Waals surface area contributed by atoms with Crippen LogP contribution in [0.5, 0.6) is 0 Å². The minimum atomic E-state index is -0.629. The van der Waals surface area contributed by atoms with Gasteiger partial charge in [0.15, 0.2) is 0 Å². The van der Waals surface area contributed by atoms with Crippen molar-refractivity contribution in [1.29, 1.82) is 0 Å². The summed E-state index contributed by atoms with van der Waals surface area (Å²) < 4.78 is 4.91. The molecule has 0 aromatic carbocycles. The van der Waals surface area contributed by atoms with Gasteiger partial charge in [0.25, 0.3) is 0 Å². The van der Waals surface area contributed by atoms with Crippen LogP contribution in [0.3, 0.4) is 0 Å². The molecule has 1 N–H and O–H groups in total. The fourth-order valence-electron chi connectivity index (χ4n) is 1.36. The van der Waals surface area contributed by atoms with Gasteiger partial charge in [-0.1, -0.05) is 0 Å². The van der Waals surface area contributed by atoms with Crippen LogP contribution in [0.1, 0.15) is 22.9 Å². The van der Waals surface area contributed by atoms with E-state index in [0.29, 0.717) is 0 Å². The summed E-state index contributed by atoms with van der Waals surface area (Å²) in [4.78, 5) is 4.07. The summed E-state index contributed by atoms with van der Waals surface area (Å²) in [7, 11) is 0. The van der Waals surface area contributed by atoms with Gasteiger partial charge in [-0.15, -0.1) is 0 Å². The SMILES string of the molecule is Cc1cc(C(O)c2ccoc2)ccn1. The van der Waals surface area contributed by atoms with Crippen molar-refractivity contribution in [3.63, 3.8) is 0 Å². The number of rotatable bonds is 2. The molecule has 1 unspecified atom stereocenters. The number of furan rings is 1. The highest BCUT2D eigenvalue weighted by Crippen LogP contribution is 2.21. The lowest BCUT2D eigenvalue weighted by atomic mass is 10.1. The smallest absolute Gasteiger partial charge is 0.107 e. The predicted octanol–water partition coefficient (Wildman–Crippen LogP) is 2.06. The second-order valence-electron chi connectivity index (χ2n) is 3.19. The number of nitrogens with zero attached hydrogens (tertiary/aromatic N) is 1. The van der Waals surface area contributed by atoms with E-state index >= 15 is 0 Å². The van der Waals surface area contributed by atoms with Crippen LogP contribution in [-0.2, 0) is 0 Å². The molecule has 0 spiro atoms. The molecule has 0 saturated carbocycles. The van der Waals surface area contributed by atoms with Crippen LogP contribution >= 0.6 is 0 Å². The van der Waals surface area contributed by atoms with Gasteiger partial charge in [0.05, 0.1) is 12.5 Å². The average molecular weight is 189 g/mol. The molecule has 2 heterocycles. The predicted molar refractivity (Wildman–Crippen MR) is 51.7 cm³/mol. The molecule has 2 rings (SSSR count). The Bertz CT molecular complexity index is 409. The van der Waals surface area contributed by atoms with E-state index in [1.807, 2.05) is 13.0 Å². The van der Waals surface area contributed by atoms with Crippen LogP contribution in [0, 0.1) is 6.92 Å². The molecular weight excluding hydrogens is 178 g/mol. The van der Waals surface area contributed by atoms with Gasteiger partial charge in [-0.2, -0.15) is 0 Å². The van der Waals surface area contributed by atoms with Crippen molar-refractivity contribution in [2.45, 2.75) is 13.0 Å². The van der Waals surface area contributed by atoms with Crippen molar-refractivity contribution < 1.29 is 9.52 Å². The highest BCUT2D eigenvalue weighted by atomic mass is 16.3. The number of aromatic nitrogens is 1. The van der Waals surface area contributed by atoms with Crippen molar-refractivity contribution in [2.24, 2.45) is 0 Å². The lowest BCUT2D eigenvalue weighted by Crippen LogP contribution is -1.98. The third-order valence-corrected chi connectivity index (χ3v) is 2.10. The Morgan fingerprint density at radius 3 is 2.86 bits per heavy atom. The summed E-state index contributed by atoms with van der Waals surface area (Å²) in [6.07, 6.45) is 4.15. The minimum Gasteiger partial charge on any atom is -0.472 e. The highest BCUT2D eigenvalue weighted by Gasteiger charge is 2.11. The highest BCUT2D eigenvalue weighted by molar-refractivity contribution is 5.27. The van der Waals surface area contributed by atoms with Crippen LogP contribution in [0.4, 0.5) is 0 Å². The molecule has 1 atom stereocenters. The van der Waals surface area contributed by atoms with Gasteiger partial charge in [-0.3, -0.25) is 4.98 Å². The fourth-order valence-corrected chi connectivity index (χ4v) is 1.36. The molecular formula is C11H11NO2. The third kappa shape index (κ3) is 1.67. The number of pyridine rings is 1. The zero-order chi connectivity index (χ0) is 9.97. The Balaban J connectivity index is 2.32. The van der Waals surface area contributed by atoms with Gasteiger partial charge in [0.2, 0.25) is 0 Å². The fraction of sp³-hybridized carbons (Fsp3) is 0.182. The van der Waals surface area contributed by atoms with Gasteiger partial charge >= 0.3 is 0 Å². The normalized spacial score (nSPS) is 12.7. The summed E-state index contributed by atoms with van der Waals surface area (Å²) in [6, 6.07) is 5.41. The van der Waals surface area contributed by atoms with Crippen molar-refractivity contribution in [2.75, 3.05) is 0 Å². The zero-order valence-electron chi connectivity index (χ0n) is 7.84. The molecule has 0 amide bonds. The van der Waals surface area contributed by atoms with Gasteiger partial charge in [-0.25, -0.2) is 0 Å². The van der Waals surface area contributed by atoms with Crippen LogP contribution in [0.25, 0.3) is 0 Å². The maximum atomic E-state index is 9.92. The van der Waals surface area contributed by atoms with Gasteiger partial charge in [-0.05, 0) is 30.7 Å². The number of hydrogen-bond acceptors (Lipinski definition) is 3. The standard InChI is InChI=1S/C11H11NO2/c1-8-6-9(2-4-12-8)11(13)10-3-5-14-7-10/h2-7,11,13H,1H3. The second kappa shape index (κ2) is 3.64. The maximum Gasteiger partial charge on any atom is 0.107 e. The lowest BCUT2D eigenvalue weighted by Gasteiger charge is -2.08. The maximum absolute atomic E-state index is 9.92. The first kappa shape index (κ1) is 8.97. The monoisotopic (exact) mass is 189 g/mol. The Hall–Kier alpha value is -1.61. The van der Waals surface area contributed by atoms with E-state index in [9.17, 15) is 5.11 Å². The number of aliphatic hydroxyl groups excluding tert-OH is 1. The second-order valence-corrected chi connectivity index (χ2v) is 3.19. The molecule has 0 bridgehead atoms. The molecule has 14 heavy (non-hydrogen) atoms. The van der Waals surface area contributed by atoms with Crippen molar-refractivity contribution in [1.82, 2.24) is 4.98 Å². The van der Waals surface area contributed by atoms with E-state index in [4.69, 9.17) is 4.42 Å². The number of hydrogen-bond donors (Lipinski definition) is 1. The first-order valence-electron chi connectivity index (χ1n) is 4.40. The lowest BCUT2D eigenvalue weighted by molar-refractivity contribution is 0.219. The number of aliphatic hydroxyl groups is 1. The zero-order valence-corrected chi connectivity index (χ0v) is 7.84. The molecule has 3 nitrogen and oxygen atoms in total. The Morgan fingerprint density at radius 2 is 2.21 bits per heavy atom. The summed E-state index contributed by atoms with van der Waals surface area (Å²) in [5.74, 6) is 0. The molecule has 3 heteroatoms. The molecule has 2 aromatic heterocycles. The van der Waals surface area contributed by atoms with E-state index in [0.717, 1.165) is 16.8 Å². The first-order valence-corrected chi connectivity index (χ1v) is 4.40. The van der Waals surface area contributed by atoms with Crippen LogP contribution in [-0.4, -0.2) is 10.1 Å². The topological polar surface area (TPSA) is 46.3 Å². The van der Waals surface area contributed by atoms with E-state index in [-0.39, 0.29) is 0 Å². The summed E-state index contributed by atoms with van der Waals surface area (Å²) in [5.41, 5.74) is 2.49. The summed E-state index contributed by atoms with van der Waals surface area (Å²) >= 11 is 0. The summed E-state index contributed by atoms with van der Waals surface area (Å²) in [6.45, 7) is 1.89. The molecule has 0 aliphatic carbocycles.